The van der Waals surface area contributed by atoms with E-state index in [9.17, 15) is 0 Å². The number of hydrogen-bond donors (Lipinski definition) is 0. The molecule has 0 spiro atoms. The number of rotatable bonds is 9. The lowest BCUT2D eigenvalue weighted by Gasteiger charge is -2.28. The first-order valence-corrected chi connectivity index (χ1v) is 24.1. The van der Waals surface area contributed by atoms with Gasteiger partial charge >= 0.3 is 0 Å². The maximum Gasteiger partial charge on any atom is 0.116 e. The number of hydrogen-bond acceptors (Lipinski definition) is 0. The van der Waals surface area contributed by atoms with Crippen LogP contribution in [0.25, 0.3) is 0 Å². The van der Waals surface area contributed by atoms with Gasteiger partial charge in [0, 0.05) is 14.3 Å². The molecule has 6 heteroatoms. The molecule has 8 aromatic carbocycles. The van der Waals surface area contributed by atoms with E-state index in [1.54, 1.807) is 0 Å². The van der Waals surface area contributed by atoms with Crippen LogP contribution in [0.4, 0.5) is 0 Å². The summed E-state index contributed by atoms with van der Waals surface area (Å²) in [4.78, 5) is 0. The van der Waals surface area contributed by atoms with E-state index in [1.165, 1.54) is 43.0 Å². The van der Waals surface area contributed by atoms with Gasteiger partial charge in [-0.05, 0) is 95.6 Å². The largest absolute Gasteiger partial charge is 1.00 e. The van der Waals surface area contributed by atoms with Gasteiger partial charge in [-0.15, -0.1) is 0 Å². The summed E-state index contributed by atoms with van der Waals surface area (Å²) in [6.45, 7) is 0. The van der Waals surface area contributed by atoms with E-state index in [0.717, 1.165) is 20.4 Å². The predicted molar refractivity (Wildman–Crippen MR) is 255 cm³/mol. The molecule has 8 aromatic rings. The van der Waals surface area contributed by atoms with E-state index in [1.807, 2.05) is 12.1 Å². The van der Waals surface area contributed by atoms with E-state index < -0.39 is 15.2 Å². The van der Waals surface area contributed by atoms with Crippen molar-refractivity contribution in [3.8, 4) is 0 Å². The molecule has 0 heterocycles. The van der Waals surface area contributed by atoms with Crippen molar-refractivity contribution in [1.82, 2.24) is 0 Å². The van der Waals surface area contributed by atoms with E-state index in [2.05, 4.69) is 266 Å². The average Bonchev–Trinajstić information content (AvgIpc) is 3.25. The molecule has 0 unspecified atom stereocenters. The van der Waals surface area contributed by atoms with Crippen molar-refractivity contribution in [3.05, 3.63) is 251 Å². The second-order valence-corrected chi connectivity index (χ2v) is 20.8. The second-order valence-electron chi connectivity index (χ2n) is 12.7. The highest BCUT2D eigenvalue weighted by atomic mass is 79.9. The van der Waals surface area contributed by atoms with Crippen LogP contribution in [0, 0.1) is 0 Å². The molecule has 0 nitrogen and oxygen atoms in total. The van der Waals surface area contributed by atoms with Gasteiger partial charge in [-0.2, -0.15) is 0 Å². The lowest BCUT2D eigenvalue weighted by atomic mass is 10.2. The fourth-order valence-corrected chi connectivity index (χ4v) is 14.3. The van der Waals surface area contributed by atoms with Crippen LogP contribution in [-0.2, 0) is 11.5 Å². The summed E-state index contributed by atoms with van der Waals surface area (Å²) in [5, 5.41) is 9.37. The van der Waals surface area contributed by atoms with Gasteiger partial charge in [-0.3, -0.25) is 0 Å². The highest BCUT2D eigenvalue weighted by Gasteiger charge is 2.45. The van der Waals surface area contributed by atoms with E-state index in [0.29, 0.717) is 0 Å². The van der Waals surface area contributed by atoms with Crippen LogP contribution in [0.1, 0.15) is 11.1 Å². The lowest BCUT2D eigenvalue weighted by Crippen LogP contribution is -3.00. The smallest absolute Gasteiger partial charge is 0.116 e. The highest BCUT2D eigenvalue weighted by Crippen LogP contribution is 2.58. The van der Waals surface area contributed by atoms with Gasteiger partial charge in [0.2, 0.25) is 0 Å². The third-order valence-corrected chi connectivity index (χ3v) is 17.4. The Hall–Kier alpha value is -3.46. The predicted octanol–water partition coefficient (Wildman–Crippen LogP) is 9.74. The van der Waals surface area contributed by atoms with Gasteiger partial charge in [-0.1, -0.05) is 218 Å². The first-order valence-electron chi connectivity index (χ1n) is 18.1. The molecule has 0 bridgehead atoms. The molecule has 0 aromatic heterocycles. The number of halogens is 4. The molecule has 280 valence electrons. The van der Waals surface area contributed by atoms with E-state index >= 15 is 0 Å². The van der Waals surface area contributed by atoms with Crippen LogP contribution in [-0.4, -0.2) is 0 Å². The van der Waals surface area contributed by atoms with E-state index in [-0.39, 0.29) is 17.0 Å². The maximum absolute atomic E-state index is 3.65. The molecule has 0 saturated heterocycles. The van der Waals surface area contributed by atoms with Gasteiger partial charge in [0.05, 0.1) is 6.16 Å². The average molecular weight is 1020 g/mol. The zero-order valence-corrected chi connectivity index (χ0v) is 38.9. The van der Waals surface area contributed by atoms with Gasteiger partial charge in [0.25, 0.3) is 0 Å². The number of alkyl halides is 1. The fraction of sp³-hybridized carbons (Fsp3) is 0.0400. The zero-order chi connectivity index (χ0) is 38.1. The molecule has 56 heavy (non-hydrogen) atoms. The Labute approximate surface area is 370 Å². The minimum atomic E-state index is -1.82. The van der Waals surface area contributed by atoms with Gasteiger partial charge in [0.1, 0.15) is 23.2 Å². The van der Waals surface area contributed by atoms with Crippen molar-refractivity contribution in [2.45, 2.75) is 11.5 Å². The maximum atomic E-state index is 3.65. The second kappa shape index (κ2) is 23.1. The Kier molecular flexibility index (Phi) is 18.0. The van der Waals surface area contributed by atoms with Crippen LogP contribution < -0.4 is 48.8 Å². The Morgan fingerprint density at radius 3 is 0.964 bits per heavy atom. The zero-order valence-electron chi connectivity index (χ0n) is 30.8. The van der Waals surface area contributed by atoms with Crippen molar-refractivity contribution in [2.75, 3.05) is 0 Å². The summed E-state index contributed by atoms with van der Waals surface area (Å²) in [5.74, 6) is 0. The van der Waals surface area contributed by atoms with Crippen LogP contribution in [0.5, 0.6) is 0 Å². The summed E-state index contributed by atoms with van der Waals surface area (Å²) in [7, 11) is -2.26. The van der Waals surface area contributed by atoms with Gasteiger partial charge < -0.3 is 17.0 Å². The Morgan fingerprint density at radius 1 is 0.357 bits per heavy atom. The Bertz CT molecular complexity index is 2100. The molecule has 8 rings (SSSR count). The molecular formula is C50H42Br4P2. The van der Waals surface area contributed by atoms with Crippen LogP contribution in [0.15, 0.2) is 239 Å². The minimum absolute atomic E-state index is 0. The standard InChI is InChI=1S/C25H21BrP.C18H15P.C7H6Br2.BrH/c26-22-12-10-11-21(19-22)20-27(23-13-4-1-5-14-23,24-15-6-2-7-16-24)25-17-8-3-9-18-25;1-4-10-16(11-5-1)19(17-12-6-2-7-13-17)18-14-8-3-9-15-18;8-5-6-2-1-3-7(9)4-6;/h1-19H,20H2;1-15H;1-4H,5H2;1H/q+1;;;/p-1. The minimum Gasteiger partial charge on any atom is -1.00 e. The van der Waals surface area contributed by atoms with Crippen molar-refractivity contribution >= 4 is 94.8 Å². The van der Waals surface area contributed by atoms with Gasteiger partial charge in [-0.25, -0.2) is 0 Å². The van der Waals surface area contributed by atoms with E-state index in [4.69, 9.17) is 0 Å². The lowest BCUT2D eigenvalue weighted by molar-refractivity contribution is -0.0000102. The SMILES string of the molecule is BrCc1cccc(Br)c1.Brc1cccc(C[P+](c2ccccc2)(c2ccccc2)c2ccccc2)c1.[Br-].c1ccc(P(c2ccccc2)c2ccccc2)cc1. The molecule has 0 aliphatic heterocycles. The highest BCUT2D eigenvalue weighted by molar-refractivity contribution is 9.10. The van der Waals surface area contributed by atoms with Crippen molar-refractivity contribution in [3.63, 3.8) is 0 Å². The molecule has 0 atom stereocenters. The first kappa shape index (κ1) is 43.7. The summed E-state index contributed by atoms with van der Waals surface area (Å²) in [6.07, 6.45) is 1.00. The normalized spacial score (nSPS) is 10.6. The fourth-order valence-electron chi connectivity index (χ4n) is 6.48. The molecule has 0 amide bonds. The van der Waals surface area contributed by atoms with Crippen molar-refractivity contribution in [2.24, 2.45) is 0 Å². The monoisotopic (exact) mass is 1020 g/mol. The van der Waals surface area contributed by atoms with Crippen molar-refractivity contribution < 1.29 is 17.0 Å². The topological polar surface area (TPSA) is 0 Å². The number of benzene rings is 8. The van der Waals surface area contributed by atoms with Crippen molar-refractivity contribution in [1.29, 1.82) is 0 Å². The molecule has 0 radical (unpaired) electrons. The molecule has 0 saturated carbocycles. The third-order valence-electron chi connectivity index (χ3n) is 8.99. The van der Waals surface area contributed by atoms with Crippen LogP contribution in [0.2, 0.25) is 0 Å². The van der Waals surface area contributed by atoms with Gasteiger partial charge in [0.15, 0.2) is 0 Å². The summed E-state index contributed by atoms with van der Waals surface area (Å²) in [6, 6.07) is 82.4. The molecular weight excluding hydrogens is 982 g/mol. The summed E-state index contributed by atoms with van der Waals surface area (Å²) < 4.78 is 2.27. The van der Waals surface area contributed by atoms with Crippen LogP contribution in [0.3, 0.4) is 0 Å². The van der Waals surface area contributed by atoms with Crippen LogP contribution >= 0.6 is 63.0 Å². The molecule has 0 aliphatic rings. The quantitative estimate of drug-likeness (QED) is 0.0999. The molecule has 0 aliphatic carbocycles. The first-order chi connectivity index (χ1) is 27.1. The molecule has 0 fully saturated rings. The Morgan fingerprint density at radius 2 is 0.661 bits per heavy atom. The molecule has 0 N–H and O–H groups in total. The summed E-state index contributed by atoms with van der Waals surface area (Å²) >= 11 is 10.4. The third kappa shape index (κ3) is 12.0. The summed E-state index contributed by atoms with van der Waals surface area (Å²) in [5.41, 5.74) is 2.65. The Balaban J connectivity index is 0.000000179.